The molecule has 3 aromatic rings. The van der Waals surface area contributed by atoms with Gasteiger partial charge in [-0.25, -0.2) is 9.07 Å². The Kier molecular flexibility index (Phi) is 7.32. The number of benzene rings is 1. The summed E-state index contributed by atoms with van der Waals surface area (Å²) < 4.78 is 23.8. The van der Waals surface area contributed by atoms with Gasteiger partial charge >= 0.3 is 0 Å². The van der Waals surface area contributed by atoms with Crippen LogP contribution in [0.3, 0.4) is 0 Å². The average molecular weight is 513 g/mol. The van der Waals surface area contributed by atoms with E-state index in [2.05, 4.69) is 32.1 Å². The molecule has 1 aromatic carbocycles. The van der Waals surface area contributed by atoms with Gasteiger partial charge < -0.3 is 10.1 Å². The quantitative estimate of drug-likeness (QED) is 0.361. The maximum absolute atomic E-state index is 14.1. The van der Waals surface area contributed by atoms with Gasteiger partial charge in [0.25, 0.3) is 0 Å². The van der Waals surface area contributed by atoms with Gasteiger partial charge in [0.05, 0.1) is 11.9 Å². The van der Waals surface area contributed by atoms with Crippen molar-refractivity contribution in [3.63, 3.8) is 0 Å². The van der Waals surface area contributed by atoms with Crippen molar-refractivity contribution < 1.29 is 13.9 Å². The summed E-state index contributed by atoms with van der Waals surface area (Å²) in [6.45, 7) is 6.36. The Labute approximate surface area is 215 Å². The summed E-state index contributed by atoms with van der Waals surface area (Å²) in [4.78, 5) is 12.8. The highest BCUT2D eigenvalue weighted by molar-refractivity contribution is 7.99. The SMILES string of the molecule is CC(C)n1nccc1NC(=O)CSc1nnc(COc2ccccc2F)n1C(C)C1CC2CCC1C2. The molecular weight excluding hydrogens is 479 g/mol. The lowest BCUT2D eigenvalue weighted by Crippen LogP contribution is -2.25. The zero-order valence-corrected chi connectivity index (χ0v) is 21.7. The van der Waals surface area contributed by atoms with E-state index in [1.54, 1.807) is 35.1 Å². The number of amides is 1. The Hall–Kier alpha value is -2.88. The molecule has 0 radical (unpaired) electrons. The number of carbonyl (C=O) groups is 1. The number of carbonyl (C=O) groups excluding carboxylic acids is 1. The highest BCUT2D eigenvalue weighted by Gasteiger charge is 2.43. The molecule has 2 bridgehead atoms. The van der Waals surface area contributed by atoms with E-state index in [0.29, 0.717) is 28.6 Å². The van der Waals surface area contributed by atoms with E-state index in [4.69, 9.17) is 4.74 Å². The molecule has 2 fully saturated rings. The zero-order chi connectivity index (χ0) is 25.2. The zero-order valence-electron chi connectivity index (χ0n) is 20.9. The Morgan fingerprint density at radius 2 is 2.03 bits per heavy atom. The molecule has 2 aliphatic carbocycles. The molecule has 8 nitrogen and oxygen atoms in total. The minimum absolute atomic E-state index is 0.111. The summed E-state index contributed by atoms with van der Waals surface area (Å²) >= 11 is 1.36. The minimum atomic E-state index is -0.406. The van der Waals surface area contributed by atoms with Gasteiger partial charge in [-0.3, -0.25) is 9.36 Å². The lowest BCUT2D eigenvalue weighted by molar-refractivity contribution is -0.113. The van der Waals surface area contributed by atoms with E-state index in [1.165, 1.54) is 43.5 Å². The highest BCUT2D eigenvalue weighted by Crippen LogP contribution is 2.52. The van der Waals surface area contributed by atoms with Crippen molar-refractivity contribution in [3.05, 3.63) is 48.2 Å². The number of aromatic nitrogens is 5. The molecule has 0 spiro atoms. The summed E-state index contributed by atoms with van der Waals surface area (Å²) in [6, 6.07) is 8.47. The minimum Gasteiger partial charge on any atom is -0.483 e. The van der Waals surface area contributed by atoms with E-state index in [9.17, 15) is 9.18 Å². The largest absolute Gasteiger partial charge is 0.483 e. The third-order valence-corrected chi connectivity index (χ3v) is 8.45. The Balaban J connectivity index is 1.32. The van der Waals surface area contributed by atoms with Crippen molar-refractivity contribution in [1.29, 1.82) is 0 Å². The van der Waals surface area contributed by atoms with Crippen LogP contribution in [0, 0.1) is 23.6 Å². The lowest BCUT2D eigenvalue weighted by atomic mass is 9.84. The van der Waals surface area contributed by atoms with Crippen molar-refractivity contribution in [3.8, 4) is 5.75 Å². The predicted octanol–water partition coefficient (Wildman–Crippen LogP) is 5.50. The lowest BCUT2D eigenvalue weighted by Gasteiger charge is -2.30. The fraction of sp³-hybridized carbons (Fsp3) is 0.538. The number of para-hydroxylation sites is 1. The van der Waals surface area contributed by atoms with Crippen molar-refractivity contribution >= 4 is 23.5 Å². The van der Waals surface area contributed by atoms with Crippen LogP contribution in [0.5, 0.6) is 5.75 Å². The fourth-order valence-corrected chi connectivity index (χ4v) is 6.67. The van der Waals surface area contributed by atoms with E-state index in [0.717, 1.165) is 5.92 Å². The number of rotatable bonds is 10. The second kappa shape index (κ2) is 10.6. The topological polar surface area (TPSA) is 86.9 Å². The van der Waals surface area contributed by atoms with E-state index in [-0.39, 0.29) is 36.1 Å². The maximum atomic E-state index is 14.1. The van der Waals surface area contributed by atoms with Crippen LogP contribution in [-0.2, 0) is 11.4 Å². The van der Waals surface area contributed by atoms with Gasteiger partial charge in [0, 0.05) is 18.2 Å². The Morgan fingerprint density at radius 1 is 1.19 bits per heavy atom. The van der Waals surface area contributed by atoms with Crippen molar-refractivity contribution in [2.75, 3.05) is 11.1 Å². The Morgan fingerprint density at radius 3 is 2.75 bits per heavy atom. The molecule has 2 aromatic heterocycles. The summed E-state index contributed by atoms with van der Waals surface area (Å²) in [5.74, 6) is 3.23. The van der Waals surface area contributed by atoms with Gasteiger partial charge in [-0.15, -0.1) is 10.2 Å². The van der Waals surface area contributed by atoms with Gasteiger partial charge in [0.15, 0.2) is 22.5 Å². The molecule has 2 heterocycles. The van der Waals surface area contributed by atoms with Crippen LogP contribution in [0.15, 0.2) is 41.7 Å². The van der Waals surface area contributed by atoms with E-state index >= 15 is 0 Å². The number of nitrogens with one attached hydrogen (secondary N) is 1. The highest BCUT2D eigenvalue weighted by atomic mass is 32.2. The molecule has 4 atom stereocenters. The van der Waals surface area contributed by atoms with Crippen LogP contribution in [-0.4, -0.2) is 36.2 Å². The number of fused-ring (bicyclic) bond motifs is 2. The number of halogens is 1. The molecule has 5 rings (SSSR count). The number of anilines is 1. The molecule has 1 N–H and O–H groups in total. The molecule has 10 heteroatoms. The van der Waals surface area contributed by atoms with Crippen LogP contribution in [0.2, 0.25) is 0 Å². The fourth-order valence-electron chi connectivity index (χ4n) is 5.83. The van der Waals surface area contributed by atoms with Crippen molar-refractivity contribution in [2.45, 2.75) is 70.3 Å². The second-order valence-electron chi connectivity index (χ2n) is 10.2. The maximum Gasteiger partial charge on any atom is 0.235 e. The molecule has 0 aliphatic heterocycles. The summed E-state index contributed by atoms with van der Waals surface area (Å²) in [5.41, 5.74) is 0. The first-order chi connectivity index (χ1) is 17.4. The number of thioether (sulfide) groups is 1. The molecule has 4 unspecified atom stereocenters. The number of ether oxygens (including phenoxy) is 1. The molecule has 192 valence electrons. The van der Waals surface area contributed by atoms with Crippen LogP contribution >= 0.6 is 11.8 Å². The standard InChI is InChI=1S/C26H33FN6O2S/c1-16(2)33-23(10-11-28-33)29-25(34)15-36-26-31-30-24(14-35-22-7-5-4-6-21(22)27)32(26)17(3)20-13-18-8-9-19(20)12-18/h4-7,10-11,16-20H,8-9,12-15H2,1-3H3,(H,29,34). The van der Waals surface area contributed by atoms with Crippen LogP contribution < -0.4 is 10.1 Å². The van der Waals surface area contributed by atoms with Crippen LogP contribution in [0.25, 0.3) is 0 Å². The Bertz CT molecular complexity index is 1210. The second-order valence-corrected chi connectivity index (χ2v) is 11.1. The molecule has 0 saturated heterocycles. The van der Waals surface area contributed by atoms with Crippen LogP contribution in [0.1, 0.15) is 64.4 Å². The number of nitrogens with zero attached hydrogens (tertiary/aromatic N) is 5. The van der Waals surface area contributed by atoms with Gasteiger partial charge in [-0.2, -0.15) is 5.10 Å². The van der Waals surface area contributed by atoms with Gasteiger partial charge in [0.1, 0.15) is 12.4 Å². The molecular formula is C26H33FN6O2S. The van der Waals surface area contributed by atoms with Crippen LogP contribution in [0.4, 0.5) is 10.2 Å². The monoisotopic (exact) mass is 512 g/mol. The van der Waals surface area contributed by atoms with Crippen molar-refractivity contribution in [1.82, 2.24) is 24.5 Å². The van der Waals surface area contributed by atoms with Gasteiger partial charge in [-0.05, 0) is 69.9 Å². The average Bonchev–Trinajstić information content (AvgIpc) is 3.66. The summed E-state index contributed by atoms with van der Waals surface area (Å²) in [7, 11) is 0. The van der Waals surface area contributed by atoms with Gasteiger partial charge in [0.2, 0.25) is 5.91 Å². The smallest absolute Gasteiger partial charge is 0.235 e. The molecule has 36 heavy (non-hydrogen) atoms. The third-order valence-electron chi connectivity index (χ3n) is 7.51. The first kappa shape index (κ1) is 24.8. The molecule has 2 saturated carbocycles. The normalized spacial score (nSPS) is 21.8. The van der Waals surface area contributed by atoms with E-state index < -0.39 is 5.82 Å². The summed E-state index contributed by atoms with van der Waals surface area (Å²) in [5, 5.41) is 16.7. The third kappa shape index (κ3) is 5.14. The van der Waals surface area contributed by atoms with Gasteiger partial charge in [-0.1, -0.05) is 30.3 Å². The predicted molar refractivity (Wildman–Crippen MR) is 136 cm³/mol. The number of hydrogen-bond donors (Lipinski definition) is 1. The van der Waals surface area contributed by atoms with Crippen molar-refractivity contribution in [2.24, 2.45) is 17.8 Å². The first-order valence-electron chi connectivity index (χ1n) is 12.7. The molecule has 1 amide bonds. The number of hydrogen-bond acceptors (Lipinski definition) is 6. The van der Waals surface area contributed by atoms with E-state index in [1.807, 2.05) is 13.8 Å². The molecule has 2 aliphatic rings. The summed E-state index contributed by atoms with van der Waals surface area (Å²) in [6.07, 6.45) is 6.79. The first-order valence-corrected chi connectivity index (χ1v) is 13.7.